The molecule has 160 valence electrons. The molecule has 0 aliphatic carbocycles. The molecule has 0 aliphatic heterocycles. The molecular weight excluding hydrogens is 422 g/mol. The Morgan fingerprint density at radius 3 is 2.69 bits per heavy atom. The van der Waals surface area contributed by atoms with Crippen molar-refractivity contribution >= 4 is 22.7 Å². The van der Waals surface area contributed by atoms with Crippen molar-refractivity contribution in [2.24, 2.45) is 0 Å². The lowest BCUT2D eigenvalue weighted by atomic mass is 10.1. The van der Waals surface area contributed by atoms with Crippen LogP contribution in [0.4, 0.5) is 0 Å². The maximum Gasteiger partial charge on any atom is 0.336 e. The largest absolute Gasteiger partial charge is 0.467 e. The number of benzene rings is 2. The average Bonchev–Trinajstić information content (AvgIpc) is 3.42. The number of aryl methyl sites for hydroxylation is 2. The van der Waals surface area contributed by atoms with Gasteiger partial charge in [0, 0.05) is 22.8 Å². The minimum Gasteiger partial charge on any atom is -0.467 e. The minimum atomic E-state index is -0.351. The van der Waals surface area contributed by atoms with Gasteiger partial charge in [-0.2, -0.15) is 0 Å². The molecule has 6 nitrogen and oxygen atoms in total. The number of furan rings is 1. The average molecular weight is 444 g/mol. The third-order valence-corrected chi connectivity index (χ3v) is 6.35. The van der Waals surface area contributed by atoms with E-state index in [0.717, 1.165) is 44.4 Å². The summed E-state index contributed by atoms with van der Waals surface area (Å²) in [6, 6.07) is 19.4. The second-order valence-electron chi connectivity index (χ2n) is 7.67. The molecule has 0 N–H and O–H groups in total. The van der Waals surface area contributed by atoms with Crippen molar-refractivity contribution in [1.82, 2.24) is 14.8 Å². The number of thioether (sulfide) groups is 1. The molecule has 0 bridgehead atoms. The van der Waals surface area contributed by atoms with Crippen LogP contribution in [0.1, 0.15) is 22.5 Å². The van der Waals surface area contributed by atoms with Gasteiger partial charge in [0.15, 0.2) is 11.0 Å². The third-order valence-electron chi connectivity index (χ3n) is 5.34. The maximum absolute atomic E-state index is 12.1. The lowest BCUT2D eigenvalue weighted by Crippen LogP contribution is -2.05. The van der Waals surface area contributed by atoms with E-state index in [1.807, 2.05) is 55.5 Å². The Morgan fingerprint density at radius 1 is 1.00 bits per heavy atom. The van der Waals surface area contributed by atoms with E-state index in [-0.39, 0.29) is 5.63 Å². The monoisotopic (exact) mass is 443 g/mol. The second-order valence-corrected chi connectivity index (χ2v) is 8.61. The van der Waals surface area contributed by atoms with E-state index in [1.165, 1.54) is 11.8 Å². The highest BCUT2D eigenvalue weighted by molar-refractivity contribution is 7.98. The lowest BCUT2D eigenvalue weighted by molar-refractivity contribution is 0.485. The summed E-state index contributed by atoms with van der Waals surface area (Å²) in [6.45, 7) is 4.55. The quantitative estimate of drug-likeness (QED) is 0.251. The van der Waals surface area contributed by atoms with Crippen molar-refractivity contribution in [2.45, 2.75) is 31.3 Å². The predicted molar refractivity (Wildman–Crippen MR) is 125 cm³/mol. The molecule has 0 unspecified atom stereocenters. The first kappa shape index (κ1) is 20.3. The van der Waals surface area contributed by atoms with Crippen LogP contribution < -0.4 is 5.63 Å². The van der Waals surface area contributed by atoms with Gasteiger partial charge in [0.2, 0.25) is 0 Å². The van der Waals surface area contributed by atoms with Crippen LogP contribution in [0.5, 0.6) is 0 Å². The van der Waals surface area contributed by atoms with Gasteiger partial charge >= 0.3 is 5.63 Å². The zero-order chi connectivity index (χ0) is 22.1. The highest BCUT2D eigenvalue weighted by atomic mass is 32.2. The Hall–Kier alpha value is -3.58. The highest BCUT2D eigenvalue weighted by Gasteiger charge is 2.18. The van der Waals surface area contributed by atoms with Crippen LogP contribution in [0.2, 0.25) is 0 Å². The van der Waals surface area contributed by atoms with Crippen molar-refractivity contribution in [3.8, 4) is 11.4 Å². The number of fused-ring (bicyclic) bond motifs is 1. The molecule has 7 heteroatoms. The van der Waals surface area contributed by atoms with Gasteiger partial charge in [-0.05, 0) is 48.7 Å². The van der Waals surface area contributed by atoms with Gasteiger partial charge in [0.05, 0.1) is 12.8 Å². The summed E-state index contributed by atoms with van der Waals surface area (Å²) in [5, 5.41) is 10.7. The molecule has 0 atom stereocenters. The van der Waals surface area contributed by atoms with Crippen molar-refractivity contribution in [3.63, 3.8) is 0 Å². The molecule has 5 aromatic rings. The highest BCUT2D eigenvalue weighted by Crippen LogP contribution is 2.30. The summed E-state index contributed by atoms with van der Waals surface area (Å²) in [5.74, 6) is 2.17. The van der Waals surface area contributed by atoms with E-state index >= 15 is 0 Å². The van der Waals surface area contributed by atoms with Crippen molar-refractivity contribution in [1.29, 1.82) is 0 Å². The van der Waals surface area contributed by atoms with Crippen molar-refractivity contribution in [3.05, 3.63) is 99.8 Å². The Balaban J connectivity index is 1.52. The molecule has 0 spiro atoms. The van der Waals surface area contributed by atoms with Crippen LogP contribution in [-0.2, 0) is 12.3 Å². The molecule has 0 fully saturated rings. The number of aromatic nitrogens is 3. The topological polar surface area (TPSA) is 74.1 Å². The Labute approximate surface area is 188 Å². The van der Waals surface area contributed by atoms with E-state index in [4.69, 9.17) is 8.83 Å². The van der Waals surface area contributed by atoms with Crippen molar-refractivity contribution < 1.29 is 8.83 Å². The standard InChI is InChI=1S/C25H21N3O3S/c1-16-9-10-21-18(13-23(29)31-22(21)12-16)15-32-25-27-26-24(20-8-4-3-6-17(20)2)28(25)14-19-7-5-11-30-19/h3-13H,14-15H2,1-2H3. The first-order chi connectivity index (χ1) is 15.6. The van der Waals surface area contributed by atoms with Gasteiger partial charge in [-0.1, -0.05) is 48.2 Å². The molecule has 0 radical (unpaired) electrons. The first-order valence-corrected chi connectivity index (χ1v) is 11.2. The summed E-state index contributed by atoms with van der Waals surface area (Å²) in [7, 11) is 0. The predicted octanol–water partition coefficient (Wildman–Crippen LogP) is 5.60. The zero-order valence-electron chi connectivity index (χ0n) is 17.7. The second kappa shape index (κ2) is 8.51. The summed E-state index contributed by atoms with van der Waals surface area (Å²) in [6.07, 6.45) is 1.66. The molecule has 3 heterocycles. The van der Waals surface area contributed by atoms with Crippen LogP contribution in [0.3, 0.4) is 0 Å². The molecular formula is C25H21N3O3S. The molecule has 3 aromatic heterocycles. The molecule has 0 amide bonds. The normalized spacial score (nSPS) is 11.3. The van der Waals surface area contributed by atoms with Gasteiger partial charge in [0.1, 0.15) is 11.3 Å². The Bertz CT molecular complexity index is 1450. The fourth-order valence-corrected chi connectivity index (χ4v) is 4.65. The summed E-state index contributed by atoms with van der Waals surface area (Å²) in [5.41, 5.74) is 4.36. The van der Waals surface area contributed by atoms with E-state index in [9.17, 15) is 4.79 Å². The SMILES string of the molecule is Cc1ccc2c(CSc3nnc(-c4ccccc4C)n3Cc3ccco3)cc(=O)oc2c1. The van der Waals surface area contributed by atoms with E-state index in [1.54, 1.807) is 12.3 Å². The zero-order valence-corrected chi connectivity index (χ0v) is 18.6. The van der Waals surface area contributed by atoms with E-state index < -0.39 is 0 Å². The number of rotatable bonds is 6. The number of hydrogen-bond donors (Lipinski definition) is 0. The van der Waals surface area contributed by atoms with Crippen LogP contribution >= 0.6 is 11.8 Å². The Kier molecular flexibility index (Phi) is 5.41. The molecule has 0 saturated carbocycles. The van der Waals surface area contributed by atoms with Crippen LogP contribution in [0.15, 0.2) is 85.7 Å². The number of nitrogens with zero attached hydrogens (tertiary/aromatic N) is 3. The van der Waals surface area contributed by atoms with Crippen LogP contribution in [0, 0.1) is 13.8 Å². The van der Waals surface area contributed by atoms with Gasteiger partial charge in [0.25, 0.3) is 0 Å². The fourth-order valence-electron chi connectivity index (χ4n) is 3.72. The molecule has 0 aliphatic rings. The summed E-state index contributed by atoms with van der Waals surface area (Å²) >= 11 is 1.54. The Morgan fingerprint density at radius 2 is 1.88 bits per heavy atom. The minimum absolute atomic E-state index is 0.351. The first-order valence-electron chi connectivity index (χ1n) is 10.3. The van der Waals surface area contributed by atoms with Crippen LogP contribution in [-0.4, -0.2) is 14.8 Å². The van der Waals surface area contributed by atoms with Gasteiger partial charge in [-0.25, -0.2) is 4.79 Å². The van der Waals surface area contributed by atoms with Crippen LogP contribution in [0.25, 0.3) is 22.4 Å². The van der Waals surface area contributed by atoms with Crippen molar-refractivity contribution in [2.75, 3.05) is 0 Å². The van der Waals surface area contributed by atoms with E-state index in [0.29, 0.717) is 17.9 Å². The van der Waals surface area contributed by atoms with Gasteiger partial charge in [-0.3, -0.25) is 4.57 Å². The van der Waals surface area contributed by atoms with Gasteiger partial charge in [-0.15, -0.1) is 10.2 Å². The number of hydrogen-bond acceptors (Lipinski definition) is 6. The third kappa shape index (κ3) is 3.99. The fraction of sp³-hybridized carbons (Fsp3) is 0.160. The molecule has 2 aromatic carbocycles. The molecule has 32 heavy (non-hydrogen) atoms. The summed E-state index contributed by atoms with van der Waals surface area (Å²) < 4.78 is 13.0. The summed E-state index contributed by atoms with van der Waals surface area (Å²) in [4.78, 5) is 12.1. The van der Waals surface area contributed by atoms with Gasteiger partial charge < -0.3 is 8.83 Å². The molecule has 5 rings (SSSR count). The maximum atomic E-state index is 12.1. The lowest BCUT2D eigenvalue weighted by Gasteiger charge is -2.11. The van der Waals surface area contributed by atoms with E-state index in [2.05, 4.69) is 27.8 Å². The smallest absolute Gasteiger partial charge is 0.336 e. The molecule has 0 saturated heterocycles.